The molecule has 0 unspecified atom stereocenters. The summed E-state index contributed by atoms with van der Waals surface area (Å²) in [6, 6.07) is 9.27. The van der Waals surface area contributed by atoms with Gasteiger partial charge >= 0.3 is 0 Å². The van der Waals surface area contributed by atoms with E-state index in [4.69, 9.17) is 0 Å². The smallest absolute Gasteiger partial charge is 0.229 e. The topological polar surface area (TPSA) is 47.3 Å². The van der Waals surface area contributed by atoms with Crippen LogP contribution in [0.2, 0.25) is 0 Å². The van der Waals surface area contributed by atoms with Crippen LogP contribution in [0.4, 0.5) is 4.39 Å². The van der Waals surface area contributed by atoms with Crippen LogP contribution in [-0.2, 0) is 4.79 Å². The number of hydrogen-bond acceptors (Lipinski definition) is 4. The Morgan fingerprint density at radius 1 is 1.19 bits per heavy atom. The summed E-state index contributed by atoms with van der Waals surface area (Å²) in [7, 11) is 0. The summed E-state index contributed by atoms with van der Waals surface area (Å²) < 4.78 is 14.3. The first kappa shape index (κ1) is 17.6. The monoisotopic (exact) mass is 371 g/mol. The van der Waals surface area contributed by atoms with Crippen LogP contribution in [0.1, 0.15) is 50.0 Å². The molecule has 1 aromatic carbocycles. The Balaban J connectivity index is 1.63. The third-order valence-corrected chi connectivity index (χ3v) is 6.86. The first-order valence-corrected chi connectivity index (χ1v) is 10.2. The maximum absolute atomic E-state index is 14.3. The Labute approximate surface area is 157 Å². The van der Waals surface area contributed by atoms with E-state index in [9.17, 15) is 14.4 Å². The first-order chi connectivity index (χ1) is 12.7. The Morgan fingerprint density at radius 2 is 1.96 bits per heavy atom. The standard InChI is InChI=1S/C20H22FN3OS/c21-18-9-5-4-8-15(18)16-10-19(25)24-12-23(14-6-2-1-3-7-14)13-26-20(24)17(16)11-22/h4-5,8-9,14,16H,1-3,6-7,10,12-13H2/t16-/m1/s1. The van der Waals surface area contributed by atoms with Crippen LogP contribution in [-0.4, -0.2) is 34.3 Å². The zero-order chi connectivity index (χ0) is 18.1. The van der Waals surface area contributed by atoms with Gasteiger partial charge in [-0.25, -0.2) is 4.39 Å². The highest BCUT2D eigenvalue weighted by molar-refractivity contribution is 8.03. The van der Waals surface area contributed by atoms with Crippen molar-refractivity contribution in [2.75, 3.05) is 12.5 Å². The Kier molecular flexibility index (Phi) is 5.01. The fourth-order valence-corrected chi connectivity index (χ4v) is 5.52. The van der Waals surface area contributed by atoms with Gasteiger partial charge in [-0.1, -0.05) is 49.2 Å². The molecule has 0 aromatic heterocycles. The van der Waals surface area contributed by atoms with Gasteiger partial charge in [-0.15, -0.1) is 0 Å². The molecule has 0 spiro atoms. The number of fused-ring (bicyclic) bond motifs is 1. The molecule has 1 atom stereocenters. The predicted octanol–water partition coefficient (Wildman–Crippen LogP) is 4.17. The molecule has 3 aliphatic rings. The van der Waals surface area contributed by atoms with E-state index < -0.39 is 5.92 Å². The van der Waals surface area contributed by atoms with Crippen molar-refractivity contribution in [3.05, 3.63) is 46.2 Å². The number of allylic oxidation sites excluding steroid dienone is 1. The molecule has 0 N–H and O–H groups in total. The van der Waals surface area contributed by atoms with Gasteiger partial charge in [0.05, 0.1) is 29.2 Å². The van der Waals surface area contributed by atoms with Crippen LogP contribution >= 0.6 is 11.8 Å². The van der Waals surface area contributed by atoms with E-state index in [2.05, 4.69) is 11.0 Å². The van der Waals surface area contributed by atoms with Crippen molar-refractivity contribution in [1.29, 1.82) is 5.26 Å². The molecule has 1 saturated heterocycles. The van der Waals surface area contributed by atoms with Crippen LogP contribution in [0.25, 0.3) is 0 Å². The van der Waals surface area contributed by atoms with E-state index in [0.717, 1.165) is 10.9 Å². The summed E-state index contributed by atoms with van der Waals surface area (Å²) in [6.45, 7) is 0.557. The molecular formula is C20H22FN3OS. The highest BCUT2D eigenvalue weighted by Gasteiger charge is 2.40. The third kappa shape index (κ3) is 3.15. The number of halogens is 1. The molecule has 1 saturated carbocycles. The average molecular weight is 371 g/mol. The average Bonchev–Trinajstić information content (AvgIpc) is 2.69. The lowest BCUT2D eigenvalue weighted by molar-refractivity contribution is -0.132. The van der Waals surface area contributed by atoms with E-state index in [-0.39, 0.29) is 18.1 Å². The van der Waals surface area contributed by atoms with Crippen molar-refractivity contribution in [2.24, 2.45) is 0 Å². The summed E-state index contributed by atoms with van der Waals surface area (Å²) in [5, 5.41) is 10.5. The highest BCUT2D eigenvalue weighted by Crippen LogP contribution is 2.43. The maximum Gasteiger partial charge on any atom is 0.229 e. The van der Waals surface area contributed by atoms with Gasteiger partial charge in [-0.2, -0.15) is 5.26 Å². The zero-order valence-corrected chi connectivity index (χ0v) is 15.5. The molecule has 2 heterocycles. The molecular weight excluding hydrogens is 349 g/mol. The van der Waals surface area contributed by atoms with Crippen LogP contribution < -0.4 is 0 Å². The fraction of sp³-hybridized carbons (Fsp3) is 0.500. The summed E-state index contributed by atoms with van der Waals surface area (Å²) in [6.07, 6.45) is 6.33. The van der Waals surface area contributed by atoms with E-state index in [1.165, 1.54) is 38.2 Å². The number of amides is 1. The minimum Gasteiger partial charge on any atom is -0.292 e. The lowest BCUT2D eigenvalue weighted by Gasteiger charge is -2.44. The van der Waals surface area contributed by atoms with E-state index in [0.29, 0.717) is 23.8 Å². The molecule has 4 nitrogen and oxygen atoms in total. The summed E-state index contributed by atoms with van der Waals surface area (Å²) in [4.78, 5) is 16.9. The van der Waals surface area contributed by atoms with Crippen molar-refractivity contribution < 1.29 is 9.18 Å². The van der Waals surface area contributed by atoms with Crippen LogP contribution in [0.15, 0.2) is 34.9 Å². The third-order valence-electron chi connectivity index (χ3n) is 5.69. The Morgan fingerprint density at radius 3 is 2.69 bits per heavy atom. The van der Waals surface area contributed by atoms with Crippen LogP contribution in [0, 0.1) is 17.1 Å². The lowest BCUT2D eigenvalue weighted by Crippen LogP contribution is -2.51. The molecule has 1 aliphatic carbocycles. The second-order valence-electron chi connectivity index (χ2n) is 7.23. The minimum absolute atomic E-state index is 0.0136. The minimum atomic E-state index is -0.478. The number of hydrogen-bond donors (Lipinski definition) is 0. The van der Waals surface area contributed by atoms with Gasteiger partial charge in [0.25, 0.3) is 0 Å². The first-order valence-electron chi connectivity index (χ1n) is 9.25. The van der Waals surface area contributed by atoms with E-state index in [1.807, 2.05) is 0 Å². The van der Waals surface area contributed by atoms with Crippen LogP contribution in [0.5, 0.6) is 0 Å². The number of thioether (sulfide) groups is 1. The van der Waals surface area contributed by atoms with E-state index in [1.54, 1.807) is 34.9 Å². The quantitative estimate of drug-likeness (QED) is 0.783. The molecule has 0 bridgehead atoms. The van der Waals surface area contributed by atoms with Gasteiger partial charge in [-0.05, 0) is 24.5 Å². The molecule has 1 aromatic rings. The number of rotatable bonds is 2. The molecule has 0 radical (unpaired) electrons. The van der Waals surface area contributed by atoms with Crippen molar-refractivity contribution >= 4 is 17.7 Å². The number of carbonyl (C=O) groups excluding carboxylic acids is 1. The number of nitriles is 1. The molecule has 1 amide bonds. The Hall–Kier alpha value is -1.84. The van der Waals surface area contributed by atoms with Gasteiger partial charge < -0.3 is 0 Å². The van der Waals surface area contributed by atoms with E-state index >= 15 is 0 Å². The number of carbonyl (C=O) groups is 1. The Bertz CT molecular complexity index is 782. The maximum atomic E-state index is 14.3. The zero-order valence-electron chi connectivity index (χ0n) is 14.7. The summed E-state index contributed by atoms with van der Waals surface area (Å²) >= 11 is 1.56. The van der Waals surface area contributed by atoms with Gasteiger partial charge in [0, 0.05) is 18.4 Å². The molecule has 6 heteroatoms. The van der Waals surface area contributed by atoms with Gasteiger partial charge in [0.15, 0.2) is 0 Å². The van der Waals surface area contributed by atoms with Crippen molar-refractivity contribution in [3.63, 3.8) is 0 Å². The largest absolute Gasteiger partial charge is 0.292 e. The summed E-state index contributed by atoms with van der Waals surface area (Å²) in [5.74, 6) is -0.0513. The van der Waals surface area contributed by atoms with Gasteiger partial charge in [0.1, 0.15) is 5.82 Å². The summed E-state index contributed by atoms with van der Waals surface area (Å²) in [5.41, 5.74) is 0.975. The SMILES string of the molecule is N#CC1=C2SCN(C3CCCCC3)CN2C(=O)C[C@@H]1c1ccccc1F. The predicted molar refractivity (Wildman–Crippen MR) is 99.3 cm³/mol. The second-order valence-corrected chi connectivity index (χ2v) is 8.16. The lowest BCUT2D eigenvalue weighted by atomic mass is 9.86. The van der Waals surface area contributed by atoms with Crippen molar-refractivity contribution in [1.82, 2.24) is 9.80 Å². The molecule has 4 rings (SSSR count). The normalized spacial score (nSPS) is 25.2. The number of benzene rings is 1. The molecule has 2 fully saturated rings. The number of nitrogens with zero attached hydrogens (tertiary/aromatic N) is 3. The molecule has 26 heavy (non-hydrogen) atoms. The fourth-order valence-electron chi connectivity index (χ4n) is 4.28. The molecule has 136 valence electrons. The van der Waals surface area contributed by atoms with Gasteiger partial charge in [-0.3, -0.25) is 14.6 Å². The molecule has 2 aliphatic heterocycles. The van der Waals surface area contributed by atoms with Gasteiger partial charge in [0.2, 0.25) is 5.91 Å². The van der Waals surface area contributed by atoms with Crippen molar-refractivity contribution in [3.8, 4) is 6.07 Å². The highest BCUT2D eigenvalue weighted by atomic mass is 32.2. The van der Waals surface area contributed by atoms with Crippen molar-refractivity contribution in [2.45, 2.75) is 50.5 Å². The van der Waals surface area contributed by atoms with Crippen LogP contribution in [0.3, 0.4) is 0 Å². The second kappa shape index (κ2) is 7.42.